The van der Waals surface area contributed by atoms with E-state index in [0.29, 0.717) is 5.15 Å². The highest BCUT2D eigenvalue weighted by Gasteiger charge is 2.28. The van der Waals surface area contributed by atoms with Gasteiger partial charge in [-0.1, -0.05) is 31.4 Å². The van der Waals surface area contributed by atoms with E-state index in [4.69, 9.17) is 11.6 Å². The summed E-state index contributed by atoms with van der Waals surface area (Å²) in [7, 11) is 0. The van der Waals surface area contributed by atoms with Gasteiger partial charge in [-0.3, -0.25) is 0 Å². The largest absolute Gasteiger partial charge is 0.365 e. The van der Waals surface area contributed by atoms with E-state index in [9.17, 15) is 0 Å². The van der Waals surface area contributed by atoms with E-state index in [1.807, 2.05) is 6.07 Å². The average molecular weight is 254 g/mol. The molecule has 0 radical (unpaired) electrons. The predicted octanol–water partition coefficient (Wildman–Crippen LogP) is 3.83. The van der Waals surface area contributed by atoms with Gasteiger partial charge in [0.25, 0.3) is 0 Å². The Kier molecular flexibility index (Phi) is 3.87. The van der Waals surface area contributed by atoms with Crippen molar-refractivity contribution in [1.29, 1.82) is 0 Å². The molecular weight excluding hydrogens is 234 g/mol. The summed E-state index contributed by atoms with van der Waals surface area (Å²) in [5.41, 5.74) is 0.182. The van der Waals surface area contributed by atoms with Gasteiger partial charge in [0, 0.05) is 18.0 Å². The molecule has 1 fully saturated rings. The molecule has 1 saturated carbocycles. The van der Waals surface area contributed by atoms with Crippen LogP contribution in [0.25, 0.3) is 0 Å². The first-order valence-electron chi connectivity index (χ1n) is 6.43. The zero-order valence-electron chi connectivity index (χ0n) is 10.6. The fourth-order valence-corrected chi connectivity index (χ4v) is 2.65. The van der Waals surface area contributed by atoms with E-state index in [0.717, 1.165) is 24.5 Å². The van der Waals surface area contributed by atoms with Crippen molar-refractivity contribution in [2.24, 2.45) is 0 Å². The Labute approximate surface area is 108 Å². The zero-order chi connectivity index (χ0) is 12.3. The second-order valence-corrected chi connectivity index (χ2v) is 5.52. The summed E-state index contributed by atoms with van der Waals surface area (Å²) in [5.74, 6) is 1.71. The molecule has 0 aliphatic heterocycles. The third kappa shape index (κ3) is 3.32. The van der Waals surface area contributed by atoms with E-state index < -0.39 is 0 Å². The van der Waals surface area contributed by atoms with E-state index in [2.05, 4.69) is 29.1 Å². The first-order chi connectivity index (χ1) is 8.11. The van der Waals surface area contributed by atoms with Crippen molar-refractivity contribution in [3.63, 3.8) is 0 Å². The lowest BCUT2D eigenvalue weighted by Crippen LogP contribution is -2.31. The van der Waals surface area contributed by atoms with Crippen LogP contribution in [0.4, 0.5) is 5.82 Å². The fourth-order valence-electron chi connectivity index (χ4n) is 2.45. The molecule has 0 saturated heterocycles. The number of hydrogen-bond donors (Lipinski definition) is 1. The van der Waals surface area contributed by atoms with E-state index in [-0.39, 0.29) is 5.54 Å². The first kappa shape index (κ1) is 12.6. The summed E-state index contributed by atoms with van der Waals surface area (Å²) in [6, 6.07) is 1.82. The van der Waals surface area contributed by atoms with Crippen LogP contribution in [0.2, 0.25) is 5.15 Å². The topological polar surface area (TPSA) is 37.8 Å². The third-order valence-electron chi connectivity index (χ3n) is 3.35. The molecule has 1 aliphatic carbocycles. The van der Waals surface area contributed by atoms with Crippen LogP contribution in [0.3, 0.4) is 0 Å². The molecule has 0 spiro atoms. The molecule has 0 bridgehead atoms. The Hall–Kier alpha value is -0.830. The Bertz CT molecular complexity index is 386. The molecular formula is C13H20ClN3. The van der Waals surface area contributed by atoms with E-state index >= 15 is 0 Å². The smallest absolute Gasteiger partial charge is 0.134 e. The van der Waals surface area contributed by atoms with Gasteiger partial charge in [-0.2, -0.15) is 0 Å². The Balaban J connectivity index is 2.14. The molecule has 4 heteroatoms. The number of nitrogens with zero attached hydrogens (tertiary/aromatic N) is 2. The van der Waals surface area contributed by atoms with Gasteiger partial charge in [0.2, 0.25) is 0 Å². The predicted molar refractivity (Wildman–Crippen MR) is 71.5 cm³/mol. The molecule has 1 aromatic heterocycles. The summed E-state index contributed by atoms with van der Waals surface area (Å²) >= 11 is 6.03. The van der Waals surface area contributed by atoms with Gasteiger partial charge in [0.05, 0.1) is 0 Å². The zero-order valence-corrected chi connectivity index (χ0v) is 11.3. The van der Waals surface area contributed by atoms with Gasteiger partial charge in [0.1, 0.15) is 16.8 Å². The van der Waals surface area contributed by atoms with Crippen LogP contribution in [-0.4, -0.2) is 15.5 Å². The van der Waals surface area contributed by atoms with Crippen molar-refractivity contribution in [1.82, 2.24) is 9.97 Å². The molecule has 1 aliphatic rings. The SMILES string of the molecule is CCCc1nc(Cl)cc(NC2(C)CCCC2)n1. The van der Waals surface area contributed by atoms with Crippen LogP contribution in [0, 0.1) is 0 Å². The van der Waals surface area contributed by atoms with E-state index in [1.165, 1.54) is 25.7 Å². The molecule has 0 atom stereocenters. The number of halogens is 1. The molecule has 17 heavy (non-hydrogen) atoms. The van der Waals surface area contributed by atoms with Crippen LogP contribution in [0.15, 0.2) is 6.07 Å². The van der Waals surface area contributed by atoms with E-state index in [1.54, 1.807) is 0 Å². The van der Waals surface area contributed by atoms with Crippen LogP contribution in [0.5, 0.6) is 0 Å². The number of rotatable bonds is 4. The quantitative estimate of drug-likeness (QED) is 0.829. The molecule has 1 heterocycles. The number of hydrogen-bond acceptors (Lipinski definition) is 3. The Morgan fingerprint density at radius 2 is 2.06 bits per heavy atom. The maximum atomic E-state index is 6.03. The number of aryl methyl sites for hydroxylation is 1. The molecule has 3 nitrogen and oxygen atoms in total. The molecule has 1 aromatic rings. The Morgan fingerprint density at radius 1 is 1.35 bits per heavy atom. The second kappa shape index (κ2) is 5.21. The highest BCUT2D eigenvalue weighted by Crippen LogP contribution is 2.32. The number of aromatic nitrogens is 2. The highest BCUT2D eigenvalue weighted by atomic mass is 35.5. The maximum Gasteiger partial charge on any atom is 0.134 e. The van der Waals surface area contributed by atoms with Gasteiger partial charge in [-0.25, -0.2) is 9.97 Å². The summed E-state index contributed by atoms with van der Waals surface area (Å²) in [6.45, 7) is 4.38. The highest BCUT2D eigenvalue weighted by molar-refractivity contribution is 6.29. The minimum absolute atomic E-state index is 0.182. The summed E-state index contributed by atoms with van der Waals surface area (Å²) in [4.78, 5) is 8.76. The van der Waals surface area contributed by atoms with Crippen molar-refractivity contribution in [2.45, 2.75) is 57.9 Å². The van der Waals surface area contributed by atoms with Crippen LogP contribution < -0.4 is 5.32 Å². The van der Waals surface area contributed by atoms with Crippen molar-refractivity contribution < 1.29 is 0 Å². The van der Waals surface area contributed by atoms with Gasteiger partial charge in [-0.05, 0) is 26.2 Å². The molecule has 1 N–H and O–H groups in total. The fraction of sp³-hybridized carbons (Fsp3) is 0.692. The molecule has 0 unspecified atom stereocenters. The van der Waals surface area contributed by atoms with Crippen LogP contribution in [-0.2, 0) is 6.42 Å². The van der Waals surface area contributed by atoms with Gasteiger partial charge < -0.3 is 5.32 Å². The Morgan fingerprint density at radius 3 is 2.71 bits per heavy atom. The van der Waals surface area contributed by atoms with Gasteiger partial charge >= 0.3 is 0 Å². The minimum Gasteiger partial charge on any atom is -0.365 e. The van der Waals surface area contributed by atoms with Gasteiger partial charge in [0.15, 0.2) is 0 Å². The third-order valence-corrected chi connectivity index (χ3v) is 3.55. The number of nitrogens with one attached hydrogen (secondary N) is 1. The summed E-state index contributed by atoms with van der Waals surface area (Å²) in [5, 5.41) is 4.06. The minimum atomic E-state index is 0.182. The maximum absolute atomic E-state index is 6.03. The summed E-state index contributed by atoms with van der Waals surface area (Å²) < 4.78 is 0. The van der Waals surface area contributed by atoms with Crippen molar-refractivity contribution >= 4 is 17.4 Å². The molecule has 2 rings (SSSR count). The van der Waals surface area contributed by atoms with Crippen LogP contribution >= 0.6 is 11.6 Å². The molecule has 0 aromatic carbocycles. The molecule has 0 amide bonds. The van der Waals surface area contributed by atoms with Crippen molar-refractivity contribution in [2.75, 3.05) is 5.32 Å². The average Bonchev–Trinajstić information content (AvgIpc) is 2.64. The molecule has 94 valence electrons. The van der Waals surface area contributed by atoms with Crippen molar-refractivity contribution in [3.05, 3.63) is 17.0 Å². The second-order valence-electron chi connectivity index (χ2n) is 5.13. The van der Waals surface area contributed by atoms with Crippen molar-refractivity contribution in [3.8, 4) is 0 Å². The number of anilines is 1. The lowest BCUT2D eigenvalue weighted by atomic mass is 10.0. The standard InChI is InChI=1S/C13H20ClN3/c1-3-6-11-15-10(14)9-12(16-11)17-13(2)7-4-5-8-13/h9H,3-8H2,1-2H3,(H,15,16,17). The normalized spacial score (nSPS) is 18.3. The first-order valence-corrected chi connectivity index (χ1v) is 6.81. The lowest BCUT2D eigenvalue weighted by Gasteiger charge is -2.26. The summed E-state index contributed by atoms with van der Waals surface area (Å²) in [6.07, 6.45) is 6.92. The monoisotopic (exact) mass is 253 g/mol. The van der Waals surface area contributed by atoms with Gasteiger partial charge in [-0.15, -0.1) is 0 Å². The lowest BCUT2D eigenvalue weighted by molar-refractivity contribution is 0.530. The van der Waals surface area contributed by atoms with Crippen LogP contribution in [0.1, 0.15) is 51.8 Å².